The van der Waals surface area contributed by atoms with Crippen molar-refractivity contribution in [3.63, 3.8) is 0 Å². The van der Waals surface area contributed by atoms with E-state index in [9.17, 15) is 0 Å². The highest BCUT2D eigenvalue weighted by molar-refractivity contribution is 6.16. The van der Waals surface area contributed by atoms with Crippen LogP contribution in [-0.2, 0) is 5.88 Å². The fraction of sp³-hybridized carbons (Fsp3) is 0.273. The van der Waals surface area contributed by atoms with Crippen LogP contribution in [0.15, 0.2) is 22.6 Å². The van der Waals surface area contributed by atoms with Gasteiger partial charge in [-0.1, -0.05) is 6.07 Å². The Morgan fingerprint density at radius 3 is 2.88 bits per heavy atom. The number of para-hydroxylation sites is 1. The number of nitrogens with zero attached hydrogens (tertiary/aromatic N) is 2. The molecule has 0 bridgehead atoms. The zero-order valence-electron chi connectivity index (χ0n) is 8.85. The number of aromatic nitrogens is 2. The van der Waals surface area contributed by atoms with Crippen LogP contribution in [-0.4, -0.2) is 23.4 Å². The predicted molar refractivity (Wildman–Crippen MR) is 60.3 cm³/mol. The average molecular weight is 253 g/mol. The number of halogens is 1. The summed E-state index contributed by atoms with van der Waals surface area (Å²) in [6.07, 6.45) is 0. The van der Waals surface area contributed by atoms with Gasteiger partial charge in [0.05, 0.1) is 5.56 Å². The first kappa shape index (κ1) is 10.4. The molecule has 2 heterocycles. The molecule has 0 fully saturated rings. The largest absolute Gasteiger partial charge is 0.486 e. The minimum absolute atomic E-state index is 0.194. The van der Waals surface area contributed by atoms with Gasteiger partial charge in [0, 0.05) is 0 Å². The summed E-state index contributed by atoms with van der Waals surface area (Å²) in [6, 6.07) is 5.54. The van der Waals surface area contributed by atoms with E-state index in [2.05, 4.69) is 10.2 Å². The lowest BCUT2D eigenvalue weighted by Gasteiger charge is -2.19. The molecule has 0 aliphatic carbocycles. The van der Waals surface area contributed by atoms with E-state index in [-0.39, 0.29) is 5.88 Å². The zero-order chi connectivity index (χ0) is 11.7. The van der Waals surface area contributed by atoms with Crippen molar-refractivity contribution in [1.29, 1.82) is 0 Å². The van der Waals surface area contributed by atoms with Gasteiger partial charge >= 0.3 is 0 Å². The normalized spacial score (nSPS) is 13.7. The standard InChI is InChI=1S/C11H9ClN2O3/c12-6-9-13-14-11(17-9)7-2-1-3-8-10(7)16-5-4-15-8/h1-3H,4-6H2. The Morgan fingerprint density at radius 1 is 1.18 bits per heavy atom. The molecular formula is C11H9ClN2O3. The first-order valence-corrected chi connectivity index (χ1v) is 5.69. The fourth-order valence-electron chi connectivity index (χ4n) is 1.66. The summed E-state index contributed by atoms with van der Waals surface area (Å²) >= 11 is 5.62. The maximum absolute atomic E-state index is 5.62. The highest BCUT2D eigenvalue weighted by atomic mass is 35.5. The Hall–Kier alpha value is -1.75. The van der Waals surface area contributed by atoms with Crippen molar-refractivity contribution in [2.45, 2.75) is 5.88 Å². The maximum Gasteiger partial charge on any atom is 0.251 e. The molecule has 1 aliphatic rings. The molecule has 0 N–H and O–H groups in total. The molecule has 0 amide bonds. The second-order valence-electron chi connectivity index (χ2n) is 3.46. The lowest BCUT2D eigenvalue weighted by molar-refractivity contribution is 0.172. The first-order chi connectivity index (χ1) is 8.38. The first-order valence-electron chi connectivity index (χ1n) is 5.16. The molecule has 5 nitrogen and oxygen atoms in total. The molecule has 1 aliphatic heterocycles. The Labute approximate surface area is 102 Å². The summed E-state index contributed by atoms with van der Waals surface area (Å²) in [5, 5.41) is 7.74. The molecule has 6 heteroatoms. The van der Waals surface area contributed by atoms with E-state index in [4.69, 9.17) is 25.5 Å². The zero-order valence-corrected chi connectivity index (χ0v) is 9.61. The molecule has 17 heavy (non-hydrogen) atoms. The predicted octanol–water partition coefficient (Wildman–Crippen LogP) is 2.25. The van der Waals surface area contributed by atoms with Crippen LogP contribution in [0, 0.1) is 0 Å². The van der Waals surface area contributed by atoms with Gasteiger partial charge in [0.1, 0.15) is 19.1 Å². The van der Waals surface area contributed by atoms with Crippen LogP contribution >= 0.6 is 11.6 Å². The average Bonchev–Trinajstić information content (AvgIpc) is 2.87. The number of fused-ring (bicyclic) bond motifs is 1. The van der Waals surface area contributed by atoms with E-state index in [0.717, 1.165) is 5.56 Å². The second-order valence-corrected chi connectivity index (χ2v) is 3.73. The van der Waals surface area contributed by atoms with Gasteiger partial charge in [-0.05, 0) is 12.1 Å². The highest BCUT2D eigenvalue weighted by Crippen LogP contribution is 2.39. The van der Waals surface area contributed by atoms with Crippen LogP contribution in [0.25, 0.3) is 11.5 Å². The van der Waals surface area contributed by atoms with Crippen molar-refractivity contribution in [3.05, 3.63) is 24.1 Å². The third-order valence-corrected chi connectivity index (χ3v) is 2.61. The summed E-state index contributed by atoms with van der Waals surface area (Å²) in [5.74, 6) is 2.31. The lowest BCUT2D eigenvalue weighted by atomic mass is 10.2. The van der Waals surface area contributed by atoms with Crippen molar-refractivity contribution in [2.24, 2.45) is 0 Å². The van der Waals surface area contributed by atoms with E-state index in [0.29, 0.717) is 36.5 Å². The topological polar surface area (TPSA) is 57.4 Å². The smallest absolute Gasteiger partial charge is 0.251 e. The van der Waals surface area contributed by atoms with Crippen molar-refractivity contribution in [1.82, 2.24) is 10.2 Å². The van der Waals surface area contributed by atoms with Gasteiger partial charge in [-0.15, -0.1) is 21.8 Å². The Balaban J connectivity index is 2.07. The van der Waals surface area contributed by atoms with Crippen LogP contribution in [0.1, 0.15) is 5.89 Å². The Kier molecular flexibility index (Phi) is 2.60. The molecular weight excluding hydrogens is 244 g/mol. The third kappa shape index (κ3) is 1.82. The van der Waals surface area contributed by atoms with Gasteiger partial charge in [-0.25, -0.2) is 0 Å². The monoisotopic (exact) mass is 252 g/mol. The summed E-state index contributed by atoms with van der Waals surface area (Å²) in [5.41, 5.74) is 0.728. The molecule has 0 saturated heterocycles. The van der Waals surface area contributed by atoms with Gasteiger partial charge in [-0.2, -0.15) is 0 Å². The molecule has 0 radical (unpaired) electrons. The van der Waals surface area contributed by atoms with Crippen molar-refractivity contribution < 1.29 is 13.9 Å². The Morgan fingerprint density at radius 2 is 2.06 bits per heavy atom. The molecule has 3 rings (SSSR count). The van der Waals surface area contributed by atoms with Crippen LogP contribution in [0.3, 0.4) is 0 Å². The van der Waals surface area contributed by atoms with Gasteiger partial charge < -0.3 is 13.9 Å². The van der Waals surface area contributed by atoms with Crippen LogP contribution in [0.5, 0.6) is 11.5 Å². The van der Waals surface area contributed by atoms with E-state index in [1.54, 1.807) is 0 Å². The lowest BCUT2D eigenvalue weighted by Crippen LogP contribution is -2.15. The number of benzene rings is 1. The van der Waals surface area contributed by atoms with E-state index >= 15 is 0 Å². The third-order valence-electron chi connectivity index (χ3n) is 2.38. The summed E-state index contributed by atoms with van der Waals surface area (Å²) in [6.45, 7) is 1.06. The number of rotatable bonds is 2. The molecule has 0 unspecified atom stereocenters. The molecule has 88 valence electrons. The SMILES string of the molecule is ClCc1nnc(-c2cccc3c2OCCO3)o1. The van der Waals surface area contributed by atoms with Crippen molar-refractivity contribution in [2.75, 3.05) is 13.2 Å². The molecule has 0 atom stereocenters. The van der Waals surface area contributed by atoms with Crippen molar-refractivity contribution in [3.8, 4) is 23.0 Å². The summed E-state index contributed by atoms with van der Waals surface area (Å²) < 4.78 is 16.4. The van der Waals surface area contributed by atoms with Gasteiger partial charge in [0.2, 0.25) is 5.89 Å². The number of ether oxygens (including phenoxy) is 2. The minimum atomic E-state index is 0.194. The summed E-state index contributed by atoms with van der Waals surface area (Å²) in [7, 11) is 0. The quantitative estimate of drug-likeness (QED) is 0.768. The number of hydrogen-bond acceptors (Lipinski definition) is 5. The highest BCUT2D eigenvalue weighted by Gasteiger charge is 2.20. The van der Waals surface area contributed by atoms with Gasteiger partial charge in [-0.3, -0.25) is 0 Å². The van der Waals surface area contributed by atoms with E-state index in [1.807, 2.05) is 18.2 Å². The van der Waals surface area contributed by atoms with E-state index < -0.39 is 0 Å². The number of hydrogen-bond donors (Lipinski definition) is 0. The van der Waals surface area contributed by atoms with Crippen LogP contribution in [0.4, 0.5) is 0 Å². The van der Waals surface area contributed by atoms with Crippen molar-refractivity contribution >= 4 is 11.6 Å². The molecule has 0 saturated carbocycles. The maximum atomic E-state index is 5.62. The molecule has 1 aromatic carbocycles. The fourth-order valence-corrected chi connectivity index (χ4v) is 1.77. The number of alkyl halides is 1. The molecule has 0 spiro atoms. The molecule has 2 aromatic rings. The van der Waals surface area contributed by atoms with Gasteiger partial charge in [0.15, 0.2) is 11.5 Å². The Bertz CT molecular complexity index is 541. The minimum Gasteiger partial charge on any atom is -0.486 e. The molecule has 1 aromatic heterocycles. The summed E-state index contributed by atoms with van der Waals surface area (Å²) in [4.78, 5) is 0. The van der Waals surface area contributed by atoms with Crippen LogP contribution in [0.2, 0.25) is 0 Å². The second kappa shape index (κ2) is 4.25. The van der Waals surface area contributed by atoms with Crippen LogP contribution < -0.4 is 9.47 Å². The van der Waals surface area contributed by atoms with E-state index in [1.165, 1.54) is 0 Å². The van der Waals surface area contributed by atoms with Gasteiger partial charge in [0.25, 0.3) is 5.89 Å².